The molecule has 1 aliphatic heterocycles. The molecular formula is C26H29NOS3. The van der Waals surface area contributed by atoms with Crippen molar-refractivity contribution in [1.82, 2.24) is 4.72 Å². The molecule has 1 fully saturated rings. The number of benzene rings is 3. The van der Waals surface area contributed by atoms with Gasteiger partial charge in [-0.05, 0) is 73.1 Å². The van der Waals surface area contributed by atoms with Crippen molar-refractivity contribution >= 4 is 34.5 Å². The van der Waals surface area contributed by atoms with Gasteiger partial charge in [0.25, 0.3) is 0 Å². The summed E-state index contributed by atoms with van der Waals surface area (Å²) in [7, 11) is -1.31. The maximum Gasteiger partial charge on any atom is 0.125 e. The predicted molar refractivity (Wildman–Crippen MR) is 137 cm³/mol. The maximum absolute atomic E-state index is 13.5. The van der Waals surface area contributed by atoms with Crippen molar-refractivity contribution in [3.8, 4) is 0 Å². The summed E-state index contributed by atoms with van der Waals surface area (Å²) in [5.74, 6) is 2.20. The second-order valence-electron chi connectivity index (χ2n) is 8.06. The minimum atomic E-state index is -1.31. The van der Waals surface area contributed by atoms with Crippen LogP contribution in [0.2, 0.25) is 0 Å². The Labute approximate surface area is 197 Å². The highest BCUT2D eigenvalue weighted by Gasteiger charge is 2.45. The van der Waals surface area contributed by atoms with Gasteiger partial charge in [-0.15, -0.1) is 23.5 Å². The standard InChI is InChI=1S/C26H29NOS3/c1-19-10-14-24(15-11-19)31(28)27-25(22-13-12-20(2)21(3)18-22)26(29-16-7-17-30-26)23-8-5-4-6-9-23/h4-6,8-15,18,25,27H,7,16-17H2,1-3H3/t25-,31-/m0/s1. The van der Waals surface area contributed by atoms with E-state index >= 15 is 0 Å². The van der Waals surface area contributed by atoms with Crippen LogP contribution in [0.1, 0.15) is 40.3 Å². The summed E-state index contributed by atoms with van der Waals surface area (Å²) in [4.78, 5) is 0.813. The van der Waals surface area contributed by atoms with Gasteiger partial charge in [0.15, 0.2) is 0 Å². The second-order valence-corrected chi connectivity index (χ2v) is 12.2. The zero-order valence-corrected chi connectivity index (χ0v) is 20.7. The van der Waals surface area contributed by atoms with Gasteiger partial charge in [0.1, 0.15) is 15.1 Å². The smallest absolute Gasteiger partial charge is 0.125 e. The molecule has 1 aliphatic rings. The van der Waals surface area contributed by atoms with E-state index in [-0.39, 0.29) is 10.1 Å². The third-order valence-corrected chi connectivity index (χ3v) is 10.4. The summed E-state index contributed by atoms with van der Waals surface area (Å²) in [6.45, 7) is 6.35. The Balaban J connectivity index is 1.81. The molecule has 0 saturated carbocycles. The van der Waals surface area contributed by atoms with Gasteiger partial charge in [-0.1, -0.05) is 66.2 Å². The second kappa shape index (κ2) is 9.95. The van der Waals surface area contributed by atoms with Crippen LogP contribution in [0.25, 0.3) is 0 Å². The van der Waals surface area contributed by atoms with Crippen molar-refractivity contribution in [2.24, 2.45) is 0 Å². The lowest BCUT2D eigenvalue weighted by molar-refractivity contribution is 0.588. The zero-order chi connectivity index (χ0) is 21.8. The fraction of sp³-hybridized carbons (Fsp3) is 0.308. The van der Waals surface area contributed by atoms with Gasteiger partial charge >= 0.3 is 0 Å². The SMILES string of the molecule is Cc1ccc([S@](=O)N[C@@H](c2ccc(C)c(C)c2)C2(c3ccccc3)SCCCS2)cc1. The Morgan fingerprint density at radius 2 is 1.55 bits per heavy atom. The topological polar surface area (TPSA) is 29.1 Å². The molecule has 0 bridgehead atoms. The van der Waals surface area contributed by atoms with E-state index in [2.05, 4.69) is 74.0 Å². The molecule has 162 valence electrons. The maximum atomic E-state index is 13.5. The van der Waals surface area contributed by atoms with Crippen molar-refractivity contribution in [2.45, 2.75) is 42.2 Å². The van der Waals surface area contributed by atoms with Gasteiger partial charge in [-0.3, -0.25) is 0 Å². The van der Waals surface area contributed by atoms with Crippen LogP contribution in [0, 0.1) is 20.8 Å². The first kappa shape index (κ1) is 22.7. The van der Waals surface area contributed by atoms with Crippen LogP contribution in [-0.2, 0) is 15.1 Å². The number of rotatable bonds is 6. The number of thioether (sulfide) groups is 2. The molecule has 0 spiro atoms. The fourth-order valence-corrected chi connectivity index (χ4v) is 8.59. The molecule has 0 unspecified atom stereocenters. The van der Waals surface area contributed by atoms with Crippen molar-refractivity contribution < 1.29 is 4.21 Å². The van der Waals surface area contributed by atoms with Crippen molar-refractivity contribution in [1.29, 1.82) is 0 Å². The third kappa shape index (κ3) is 4.95. The van der Waals surface area contributed by atoms with Gasteiger partial charge in [0.2, 0.25) is 0 Å². The molecule has 2 nitrogen and oxygen atoms in total. The molecule has 3 aromatic carbocycles. The summed E-state index contributed by atoms with van der Waals surface area (Å²) in [5.41, 5.74) is 6.18. The molecule has 0 radical (unpaired) electrons. The van der Waals surface area contributed by atoms with E-state index in [9.17, 15) is 4.21 Å². The molecule has 0 amide bonds. The van der Waals surface area contributed by atoms with Crippen molar-refractivity contribution in [2.75, 3.05) is 11.5 Å². The number of hydrogen-bond donors (Lipinski definition) is 1. The molecule has 1 saturated heterocycles. The summed E-state index contributed by atoms with van der Waals surface area (Å²) < 4.78 is 16.8. The molecule has 3 aromatic rings. The molecular weight excluding hydrogens is 438 g/mol. The number of nitrogens with one attached hydrogen (secondary N) is 1. The number of hydrogen-bond acceptors (Lipinski definition) is 3. The lowest BCUT2D eigenvalue weighted by Crippen LogP contribution is -2.40. The van der Waals surface area contributed by atoms with E-state index in [1.165, 1.54) is 34.2 Å². The van der Waals surface area contributed by atoms with Crippen LogP contribution in [0.4, 0.5) is 0 Å². The lowest BCUT2D eigenvalue weighted by Gasteiger charge is -2.43. The first-order valence-corrected chi connectivity index (χ1v) is 13.8. The lowest BCUT2D eigenvalue weighted by atomic mass is 9.95. The van der Waals surface area contributed by atoms with Crippen LogP contribution in [0.15, 0.2) is 77.7 Å². The van der Waals surface area contributed by atoms with Crippen LogP contribution in [0.3, 0.4) is 0 Å². The summed E-state index contributed by atoms with van der Waals surface area (Å²) in [6.07, 6.45) is 1.20. The Morgan fingerprint density at radius 1 is 0.871 bits per heavy atom. The minimum Gasteiger partial charge on any atom is -0.237 e. The van der Waals surface area contributed by atoms with Gasteiger partial charge < -0.3 is 0 Å². The fourth-order valence-electron chi connectivity index (χ4n) is 3.86. The highest BCUT2D eigenvalue weighted by Crippen LogP contribution is 2.57. The molecule has 0 aliphatic carbocycles. The van der Waals surface area contributed by atoms with E-state index in [4.69, 9.17) is 0 Å². The zero-order valence-electron chi connectivity index (χ0n) is 18.3. The van der Waals surface area contributed by atoms with Crippen LogP contribution >= 0.6 is 23.5 Å². The highest BCUT2D eigenvalue weighted by atomic mass is 32.2. The molecule has 1 N–H and O–H groups in total. The average Bonchev–Trinajstić information content (AvgIpc) is 2.81. The molecule has 4 rings (SSSR count). The quantitative estimate of drug-likeness (QED) is 0.438. The minimum absolute atomic E-state index is 0.0911. The van der Waals surface area contributed by atoms with Gasteiger partial charge in [0.05, 0.1) is 10.9 Å². The molecule has 5 heteroatoms. The van der Waals surface area contributed by atoms with E-state index in [1.54, 1.807) is 0 Å². The molecule has 2 atom stereocenters. The van der Waals surface area contributed by atoms with E-state index < -0.39 is 11.0 Å². The van der Waals surface area contributed by atoms with Gasteiger partial charge in [-0.25, -0.2) is 8.93 Å². The Morgan fingerprint density at radius 3 is 2.19 bits per heavy atom. The van der Waals surface area contributed by atoms with Gasteiger partial charge in [-0.2, -0.15) is 0 Å². The summed E-state index contributed by atoms with van der Waals surface area (Å²) in [6, 6.07) is 25.3. The van der Waals surface area contributed by atoms with Gasteiger partial charge in [0, 0.05) is 0 Å². The highest BCUT2D eigenvalue weighted by molar-refractivity contribution is 8.18. The molecule has 31 heavy (non-hydrogen) atoms. The summed E-state index contributed by atoms with van der Waals surface area (Å²) >= 11 is 3.96. The normalized spacial score (nSPS) is 17.8. The van der Waals surface area contributed by atoms with Crippen LogP contribution in [-0.4, -0.2) is 15.7 Å². The number of aryl methyl sites for hydroxylation is 3. The first-order valence-electron chi connectivity index (χ1n) is 10.6. The van der Waals surface area contributed by atoms with Crippen LogP contribution < -0.4 is 4.72 Å². The third-order valence-electron chi connectivity index (χ3n) is 5.80. The van der Waals surface area contributed by atoms with Crippen molar-refractivity contribution in [3.05, 3.63) is 101 Å². The Bertz CT molecular complexity index is 1040. The van der Waals surface area contributed by atoms with E-state index in [0.29, 0.717) is 0 Å². The molecule has 1 heterocycles. The first-order chi connectivity index (χ1) is 15.0. The average molecular weight is 468 g/mol. The monoisotopic (exact) mass is 467 g/mol. The Hall–Kier alpha value is -1.53. The molecule has 0 aromatic heterocycles. The Kier molecular flexibility index (Phi) is 7.27. The summed E-state index contributed by atoms with van der Waals surface area (Å²) in [5, 5.41) is 0. The van der Waals surface area contributed by atoms with E-state index in [0.717, 1.165) is 16.4 Å². The van der Waals surface area contributed by atoms with Crippen molar-refractivity contribution in [3.63, 3.8) is 0 Å². The largest absolute Gasteiger partial charge is 0.237 e. The van der Waals surface area contributed by atoms with Crippen LogP contribution in [0.5, 0.6) is 0 Å². The van der Waals surface area contributed by atoms with E-state index in [1.807, 2.05) is 47.8 Å². The predicted octanol–water partition coefficient (Wildman–Crippen LogP) is 6.69.